The molecule has 12 heteroatoms. The van der Waals surface area contributed by atoms with Crippen molar-refractivity contribution in [1.82, 2.24) is 24.4 Å². The number of ether oxygens (including phenoxy) is 1. The van der Waals surface area contributed by atoms with Crippen molar-refractivity contribution in [2.45, 2.75) is 33.0 Å². The molecule has 1 aliphatic heterocycles. The lowest BCUT2D eigenvalue weighted by atomic mass is 10.0. The van der Waals surface area contributed by atoms with Gasteiger partial charge in [-0.25, -0.2) is 9.50 Å². The second kappa shape index (κ2) is 11.4. The van der Waals surface area contributed by atoms with E-state index in [-0.39, 0.29) is 34.4 Å². The Kier molecular flexibility index (Phi) is 7.91. The highest BCUT2D eigenvalue weighted by molar-refractivity contribution is 6.00. The minimum Gasteiger partial charge on any atom is -0.497 e. The fourth-order valence-corrected chi connectivity index (χ4v) is 5.43. The molecule has 220 valence electrons. The number of fused-ring (bicyclic) bond motifs is 1. The highest BCUT2D eigenvalue weighted by Gasteiger charge is 2.39. The molecule has 9 nitrogen and oxygen atoms in total. The topological polar surface area (TPSA) is 92.1 Å². The van der Waals surface area contributed by atoms with Gasteiger partial charge in [-0.1, -0.05) is 18.2 Å². The fraction of sp³-hybridized carbons (Fsp3) is 0.333. The maximum absolute atomic E-state index is 14.3. The third-order valence-electron chi connectivity index (χ3n) is 7.62. The van der Waals surface area contributed by atoms with Crippen LogP contribution in [0.4, 0.5) is 18.9 Å². The normalized spacial score (nSPS) is 15.1. The quantitative estimate of drug-likeness (QED) is 0.337. The van der Waals surface area contributed by atoms with Crippen LogP contribution in [-0.2, 0) is 11.0 Å². The van der Waals surface area contributed by atoms with Crippen LogP contribution < -0.4 is 10.1 Å². The van der Waals surface area contributed by atoms with Gasteiger partial charge in [-0.05, 0) is 49.7 Å². The van der Waals surface area contributed by atoms with E-state index in [0.717, 1.165) is 17.4 Å². The Bertz CT molecular complexity index is 1630. The van der Waals surface area contributed by atoms with Gasteiger partial charge in [-0.3, -0.25) is 14.5 Å². The van der Waals surface area contributed by atoms with Crippen molar-refractivity contribution in [3.8, 4) is 17.0 Å². The second-order valence-electron chi connectivity index (χ2n) is 10.2. The number of hydrogen-bond acceptors (Lipinski definition) is 6. The predicted octanol–water partition coefficient (Wildman–Crippen LogP) is 5.21. The van der Waals surface area contributed by atoms with Gasteiger partial charge < -0.3 is 15.0 Å². The summed E-state index contributed by atoms with van der Waals surface area (Å²) >= 11 is 0. The first-order chi connectivity index (χ1) is 20.0. The van der Waals surface area contributed by atoms with E-state index in [1.807, 2.05) is 31.2 Å². The molecule has 0 bridgehead atoms. The van der Waals surface area contributed by atoms with Crippen LogP contribution in [0.3, 0.4) is 0 Å². The summed E-state index contributed by atoms with van der Waals surface area (Å²) in [7, 11) is 1.50. The van der Waals surface area contributed by atoms with Crippen molar-refractivity contribution in [2.24, 2.45) is 0 Å². The molecule has 0 saturated carbocycles. The molecule has 3 heterocycles. The molecule has 5 rings (SSSR count). The number of carbonyl (C=O) groups is 2. The number of amides is 2. The lowest BCUT2D eigenvalue weighted by Gasteiger charge is -2.38. The number of rotatable bonds is 6. The van der Waals surface area contributed by atoms with Crippen LogP contribution in [0.5, 0.6) is 5.75 Å². The van der Waals surface area contributed by atoms with Gasteiger partial charge in [0.15, 0.2) is 11.3 Å². The number of benzene rings is 2. The molecule has 1 fully saturated rings. The monoisotopic (exact) mass is 580 g/mol. The fourth-order valence-electron chi connectivity index (χ4n) is 5.43. The Morgan fingerprint density at radius 2 is 1.69 bits per heavy atom. The molecule has 0 aliphatic carbocycles. The van der Waals surface area contributed by atoms with E-state index in [1.54, 1.807) is 29.2 Å². The van der Waals surface area contributed by atoms with Crippen LogP contribution in [0.25, 0.3) is 16.9 Å². The van der Waals surface area contributed by atoms with Gasteiger partial charge in [0, 0.05) is 56.0 Å². The summed E-state index contributed by atoms with van der Waals surface area (Å²) in [5.74, 6) is -0.0342. The molecule has 1 atom stereocenters. The summed E-state index contributed by atoms with van der Waals surface area (Å²) in [6, 6.07) is 14.1. The molecule has 0 spiro atoms. The Morgan fingerprint density at radius 1 is 1.02 bits per heavy atom. The van der Waals surface area contributed by atoms with E-state index in [2.05, 4.69) is 20.3 Å². The molecule has 1 aliphatic rings. The van der Waals surface area contributed by atoms with E-state index in [1.165, 1.54) is 21.0 Å². The number of nitrogens with zero attached hydrogens (tertiary/aromatic N) is 5. The number of methoxy groups -OCH3 is 1. The first kappa shape index (κ1) is 29.1. The van der Waals surface area contributed by atoms with Crippen molar-refractivity contribution in [3.05, 3.63) is 77.1 Å². The van der Waals surface area contributed by atoms with Crippen LogP contribution >= 0.6 is 0 Å². The standard InChI is InChI=1S/C30H31F3N6O3/c1-18-26(21-9-11-22(42-4)12-10-21)36-28-24(17-34-39(28)27(18)30(31,32)33)29(41)38-15-13-37(14-16-38)19(2)23-7-5-6-8-25(23)35-20(3)40/h5-12,17,19H,13-16H2,1-4H3,(H,35,40)/t19-/m1/s1. The number of alkyl halides is 3. The molecule has 2 aromatic carbocycles. The molecule has 42 heavy (non-hydrogen) atoms. The molecule has 2 amide bonds. The summed E-state index contributed by atoms with van der Waals surface area (Å²) in [5, 5.41) is 6.83. The van der Waals surface area contributed by atoms with Gasteiger partial charge in [-0.15, -0.1) is 0 Å². The Morgan fingerprint density at radius 3 is 2.31 bits per heavy atom. The SMILES string of the molecule is COc1ccc(-c2nc3c(C(=O)N4CCN([C@H](C)c5ccccc5NC(C)=O)CC4)cnn3c(C(F)(F)F)c2C)cc1. The van der Waals surface area contributed by atoms with Gasteiger partial charge in [0.1, 0.15) is 11.3 Å². The third-order valence-corrected chi connectivity index (χ3v) is 7.62. The van der Waals surface area contributed by atoms with E-state index >= 15 is 0 Å². The largest absolute Gasteiger partial charge is 0.497 e. The summed E-state index contributed by atoms with van der Waals surface area (Å²) in [6.45, 7) is 6.66. The van der Waals surface area contributed by atoms with E-state index in [9.17, 15) is 22.8 Å². The first-order valence-corrected chi connectivity index (χ1v) is 13.5. The maximum atomic E-state index is 14.3. The Labute approximate surface area is 240 Å². The van der Waals surface area contributed by atoms with Gasteiger partial charge in [0.2, 0.25) is 5.91 Å². The molecule has 0 unspecified atom stereocenters. The number of piperazine rings is 1. The van der Waals surface area contributed by atoms with Crippen LogP contribution in [0.2, 0.25) is 0 Å². The summed E-state index contributed by atoms with van der Waals surface area (Å²) in [6.07, 6.45) is -3.57. The van der Waals surface area contributed by atoms with Crippen LogP contribution in [0.1, 0.15) is 47.1 Å². The van der Waals surface area contributed by atoms with E-state index in [4.69, 9.17) is 4.74 Å². The summed E-state index contributed by atoms with van der Waals surface area (Å²) in [4.78, 5) is 33.7. The number of anilines is 1. The maximum Gasteiger partial charge on any atom is 0.433 e. The molecule has 1 saturated heterocycles. The minimum atomic E-state index is -4.73. The van der Waals surface area contributed by atoms with Crippen LogP contribution in [-0.4, -0.2) is 69.5 Å². The number of para-hydroxylation sites is 1. The van der Waals surface area contributed by atoms with Gasteiger partial charge >= 0.3 is 6.18 Å². The lowest BCUT2D eigenvalue weighted by Crippen LogP contribution is -2.49. The van der Waals surface area contributed by atoms with E-state index in [0.29, 0.717) is 42.0 Å². The molecule has 0 radical (unpaired) electrons. The highest BCUT2D eigenvalue weighted by Crippen LogP contribution is 2.37. The van der Waals surface area contributed by atoms with Crippen molar-refractivity contribution < 1.29 is 27.5 Å². The predicted molar refractivity (Wildman–Crippen MR) is 151 cm³/mol. The molecular formula is C30H31F3N6O3. The van der Waals surface area contributed by atoms with Crippen LogP contribution in [0.15, 0.2) is 54.7 Å². The zero-order valence-corrected chi connectivity index (χ0v) is 23.7. The van der Waals surface area contributed by atoms with Crippen molar-refractivity contribution in [3.63, 3.8) is 0 Å². The second-order valence-corrected chi connectivity index (χ2v) is 10.2. The van der Waals surface area contributed by atoms with Gasteiger partial charge in [0.05, 0.1) is 19.0 Å². The number of halogens is 3. The molecule has 1 N–H and O–H groups in total. The van der Waals surface area contributed by atoms with E-state index < -0.39 is 17.8 Å². The zero-order chi connectivity index (χ0) is 30.2. The average molecular weight is 581 g/mol. The number of carbonyl (C=O) groups excluding carboxylic acids is 2. The van der Waals surface area contributed by atoms with Crippen molar-refractivity contribution in [2.75, 3.05) is 38.6 Å². The smallest absolute Gasteiger partial charge is 0.433 e. The van der Waals surface area contributed by atoms with Crippen LogP contribution in [0, 0.1) is 6.92 Å². The van der Waals surface area contributed by atoms with Crippen molar-refractivity contribution in [1.29, 1.82) is 0 Å². The molecular weight excluding hydrogens is 549 g/mol. The number of nitrogens with one attached hydrogen (secondary N) is 1. The molecule has 2 aromatic heterocycles. The average Bonchev–Trinajstić information content (AvgIpc) is 3.38. The zero-order valence-electron chi connectivity index (χ0n) is 23.7. The Hall–Kier alpha value is -4.45. The summed E-state index contributed by atoms with van der Waals surface area (Å²) < 4.78 is 48.7. The lowest BCUT2D eigenvalue weighted by molar-refractivity contribution is -0.143. The first-order valence-electron chi connectivity index (χ1n) is 13.5. The minimum absolute atomic E-state index is 0.00719. The van der Waals surface area contributed by atoms with Gasteiger partial charge in [0.25, 0.3) is 5.91 Å². The van der Waals surface area contributed by atoms with Gasteiger partial charge in [-0.2, -0.15) is 18.3 Å². The number of aromatic nitrogens is 3. The van der Waals surface area contributed by atoms with Crippen molar-refractivity contribution >= 4 is 23.1 Å². The molecule has 4 aromatic rings. The Balaban J connectivity index is 1.42. The third kappa shape index (κ3) is 5.54. The highest BCUT2D eigenvalue weighted by atomic mass is 19.4. The number of hydrogen-bond donors (Lipinski definition) is 1. The summed E-state index contributed by atoms with van der Waals surface area (Å²) in [5.41, 5.74) is 1.05.